The van der Waals surface area contributed by atoms with E-state index in [1.807, 2.05) is 6.92 Å². The van der Waals surface area contributed by atoms with E-state index in [2.05, 4.69) is 15.3 Å². The van der Waals surface area contributed by atoms with Gasteiger partial charge in [0.1, 0.15) is 5.82 Å². The molecule has 0 aromatic carbocycles. The number of aliphatic hydroxyl groups excluding tert-OH is 1. The highest BCUT2D eigenvalue weighted by Crippen LogP contribution is 2.27. The molecule has 0 bridgehead atoms. The first-order valence-corrected chi connectivity index (χ1v) is 6.62. The minimum atomic E-state index is -0.608. The molecule has 1 saturated carbocycles. The Morgan fingerprint density at radius 1 is 1.58 bits per heavy atom. The van der Waals surface area contributed by atoms with Gasteiger partial charge in [0.05, 0.1) is 11.7 Å². The Kier molecular flexibility index (Phi) is 4.21. The zero-order chi connectivity index (χ0) is 14.0. The fourth-order valence-electron chi connectivity index (χ4n) is 2.27. The third-order valence-electron chi connectivity index (χ3n) is 3.52. The van der Waals surface area contributed by atoms with E-state index in [0.29, 0.717) is 18.2 Å². The molecule has 19 heavy (non-hydrogen) atoms. The summed E-state index contributed by atoms with van der Waals surface area (Å²) in [5.74, 6) is 0.0193. The van der Waals surface area contributed by atoms with Gasteiger partial charge in [-0.25, -0.2) is 4.98 Å². The van der Waals surface area contributed by atoms with E-state index in [4.69, 9.17) is 17.3 Å². The number of amides is 1. The summed E-state index contributed by atoms with van der Waals surface area (Å²) in [5, 5.41) is 13.0. The van der Waals surface area contributed by atoms with Crippen LogP contribution < -0.4 is 11.1 Å². The number of aromatic nitrogens is 2. The topological polar surface area (TPSA) is 101 Å². The van der Waals surface area contributed by atoms with Gasteiger partial charge in [-0.2, -0.15) is 4.98 Å². The van der Waals surface area contributed by atoms with Crippen molar-refractivity contribution in [2.45, 2.75) is 38.3 Å². The summed E-state index contributed by atoms with van der Waals surface area (Å²) >= 11 is 5.73. The lowest BCUT2D eigenvalue weighted by Crippen LogP contribution is -2.35. The van der Waals surface area contributed by atoms with Crippen LogP contribution >= 0.6 is 11.6 Å². The number of anilines is 1. The summed E-state index contributed by atoms with van der Waals surface area (Å²) in [6.07, 6.45) is 3.39. The summed E-state index contributed by atoms with van der Waals surface area (Å²) in [6.45, 7) is 2.03. The average Bonchev–Trinajstić information content (AvgIpc) is 2.33. The molecule has 0 saturated heterocycles. The number of carbonyl (C=O) groups is 1. The average molecular weight is 285 g/mol. The van der Waals surface area contributed by atoms with E-state index >= 15 is 0 Å². The van der Waals surface area contributed by atoms with E-state index in [1.165, 1.54) is 6.20 Å². The maximum atomic E-state index is 11.3. The molecule has 1 fully saturated rings. The lowest BCUT2D eigenvalue weighted by molar-refractivity contribution is 0.0739. The molecule has 1 amide bonds. The van der Waals surface area contributed by atoms with Crippen molar-refractivity contribution in [2.75, 3.05) is 5.32 Å². The molecule has 0 radical (unpaired) electrons. The standard InChI is InChI=1S/C12H17ClN4O2/c1-6-2-3-7(4-9(6)18)16-11-8(10(14)19)5-15-12(13)17-11/h5-7,9,18H,2-4H2,1H3,(H2,14,19)(H,15,16,17). The second-order valence-corrected chi connectivity index (χ2v) is 5.30. The molecule has 3 unspecified atom stereocenters. The highest BCUT2D eigenvalue weighted by Gasteiger charge is 2.27. The molecular weight excluding hydrogens is 268 g/mol. The molecule has 1 aliphatic carbocycles. The Morgan fingerprint density at radius 2 is 2.32 bits per heavy atom. The maximum Gasteiger partial charge on any atom is 0.254 e. The van der Waals surface area contributed by atoms with Crippen LogP contribution in [0.1, 0.15) is 36.5 Å². The molecule has 1 aromatic rings. The number of primary amides is 1. The van der Waals surface area contributed by atoms with Crippen LogP contribution in [0.25, 0.3) is 0 Å². The predicted molar refractivity (Wildman–Crippen MR) is 72.0 cm³/mol. The molecule has 1 aromatic heterocycles. The summed E-state index contributed by atoms with van der Waals surface area (Å²) < 4.78 is 0. The van der Waals surface area contributed by atoms with Crippen molar-refractivity contribution >= 4 is 23.3 Å². The Labute approximate surface area is 116 Å². The Hall–Kier alpha value is -1.40. The van der Waals surface area contributed by atoms with Gasteiger partial charge in [-0.05, 0) is 36.8 Å². The number of nitrogens with zero attached hydrogens (tertiary/aromatic N) is 2. The fourth-order valence-corrected chi connectivity index (χ4v) is 2.41. The van der Waals surface area contributed by atoms with Crippen molar-refractivity contribution in [1.82, 2.24) is 9.97 Å². The van der Waals surface area contributed by atoms with Crippen molar-refractivity contribution in [3.8, 4) is 0 Å². The third-order valence-corrected chi connectivity index (χ3v) is 3.70. The second-order valence-electron chi connectivity index (χ2n) is 4.96. The van der Waals surface area contributed by atoms with Crippen LogP contribution in [0.4, 0.5) is 5.82 Å². The first kappa shape index (κ1) is 14.0. The Balaban J connectivity index is 2.14. The molecule has 1 heterocycles. The normalized spacial score (nSPS) is 27.0. The van der Waals surface area contributed by atoms with Gasteiger partial charge in [-0.15, -0.1) is 0 Å². The van der Waals surface area contributed by atoms with Crippen LogP contribution in [-0.2, 0) is 0 Å². The first-order chi connectivity index (χ1) is 8.97. The van der Waals surface area contributed by atoms with Gasteiger partial charge < -0.3 is 16.2 Å². The number of hydrogen-bond donors (Lipinski definition) is 3. The number of carbonyl (C=O) groups excluding carboxylic acids is 1. The lowest BCUT2D eigenvalue weighted by atomic mass is 9.85. The van der Waals surface area contributed by atoms with Crippen LogP contribution in [0.5, 0.6) is 0 Å². The van der Waals surface area contributed by atoms with E-state index < -0.39 is 5.91 Å². The molecule has 1 aliphatic rings. The molecule has 2 rings (SSSR count). The van der Waals surface area contributed by atoms with Gasteiger partial charge >= 0.3 is 0 Å². The monoisotopic (exact) mass is 284 g/mol. The highest BCUT2D eigenvalue weighted by atomic mass is 35.5. The zero-order valence-corrected chi connectivity index (χ0v) is 11.4. The summed E-state index contributed by atoms with van der Waals surface area (Å²) in [6, 6.07) is 0.0512. The van der Waals surface area contributed by atoms with Crippen LogP contribution in [0, 0.1) is 5.92 Å². The predicted octanol–water partition coefficient (Wildman–Crippen LogP) is 1.19. The Morgan fingerprint density at radius 3 is 2.95 bits per heavy atom. The highest BCUT2D eigenvalue weighted by molar-refractivity contribution is 6.28. The van der Waals surface area contributed by atoms with E-state index in [-0.39, 0.29) is 23.0 Å². The molecule has 6 nitrogen and oxygen atoms in total. The van der Waals surface area contributed by atoms with Crippen molar-refractivity contribution in [3.63, 3.8) is 0 Å². The molecule has 0 aliphatic heterocycles. The Bertz CT molecular complexity index is 483. The van der Waals surface area contributed by atoms with Gasteiger partial charge in [-0.3, -0.25) is 4.79 Å². The van der Waals surface area contributed by atoms with Gasteiger partial charge in [0.2, 0.25) is 5.28 Å². The van der Waals surface area contributed by atoms with Crippen molar-refractivity contribution in [2.24, 2.45) is 11.7 Å². The molecule has 7 heteroatoms. The van der Waals surface area contributed by atoms with Crippen molar-refractivity contribution in [3.05, 3.63) is 17.0 Å². The number of halogens is 1. The zero-order valence-electron chi connectivity index (χ0n) is 10.6. The van der Waals surface area contributed by atoms with E-state index in [0.717, 1.165) is 12.8 Å². The summed E-state index contributed by atoms with van der Waals surface area (Å²) in [4.78, 5) is 19.0. The van der Waals surface area contributed by atoms with Crippen molar-refractivity contribution < 1.29 is 9.90 Å². The minimum absolute atomic E-state index is 0.0512. The largest absolute Gasteiger partial charge is 0.393 e. The summed E-state index contributed by atoms with van der Waals surface area (Å²) in [7, 11) is 0. The first-order valence-electron chi connectivity index (χ1n) is 6.24. The van der Waals surface area contributed by atoms with Crippen LogP contribution in [0.3, 0.4) is 0 Å². The molecular formula is C12H17ClN4O2. The van der Waals surface area contributed by atoms with E-state index in [1.54, 1.807) is 0 Å². The van der Waals surface area contributed by atoms with Gasteiger partial charge in [0.25, 0.3) is 5.91 Å². The lowest BCUT2D eigenvalue weighted by Gasteiger charge is -2.32. The molecule has 4 N–H and O–H groups in total. The maximum absolute atomic E-state index is 11.3. The van der Waals surface area contributed by atoms with Crippen LogP contribution in [0.2, 0.25) is 5.28 Å². The number of aliphatic hydroxyl groups is 1. The number of nitrogens with two attached hydrogens (primary N) is 1. The second kappa shape index (κ2) is 5.71. The number of rotatable bonds is 3. The van der Waals surface area contributed by atoms with Crippen LogP contribution in [-0.4, -0.2) is 33.1 Å². The number of hydrogen-bond acceptors (Lipinski definition) is 5. The smallest absolute Gasteiger partial charge is 0.254 e. The van der Waals surface area contributed by atoms with Crippen molar-refractivity contribution in [1.29, 1.82) is 0 Å². The van der Waals surface area contributed by atoms with Crippen LogP contribution in [0.15, 0.2) is 6.20 Å². The molecule has 0 spiro atoms. The molecule has 104 valence electrons. The SMILES string of the molecule is CC1CCC(Nc2nc(Cl)ncc2C(N)=O)CC1O. The third kappa shape index (κ3) is 3.33. The fraction of sp³-hybridized carbons (Fsp3) is 0.583. The quantitative estimate of drug-likeness (QED) is 0.724. The van der Waals surface area contributed by atoms with E-state index in [9.17, 15) is 9.90 Å². The minimum Gasteiger partial charge on any atom is -0.393 e. The van der Waals surface area contributed by atoms with Gasteiger partial charge in [0.15, 0.2) is 0 Å². The summed E-state index contributed by atoms with van der Waals surface area (Å²) in [5.41, 5.74) is 5.47. The van der Waals surface area contributed by atoms with Gasteiger partial charge in [0, 0.05) is 12.2 Å². The number of nitrogens with one attached hydrogen (secondary N) is 1. The van der Waals surface area contributed by atoms with Gasteiger partial charge in [-0.1, -0.05) is 6.92 Å². The molecule has 3 atom stereocenters.